The molecule has 0 bridgehead atoms. The van der Waals surface area contributed by atoms with E-state index in [1.54, 1.807) is 6.07 Å². The molecule has 0 aliphatic heterocycles. The number of hydrogen-bond acceptors (Lipinski definition) is 8. The monoisotopic (exact) mass is 724 g/mol. The average Bonchev–Trinajstić information content (AvgIpc) is 3.14. The predicted octanol–water partition coefficient (Wildman–Crippen LogP) is 4.62. The number of rotatable bonds is 25. The summed E-state index contributed by atoms with van der Waals surface area (Å²) in [6, 6.07) is 12.2. The van der Waals surface area contributed by atoms with Gasteiger partial charge in [-0.05, 0) is 95.9 Å². The minimum Gasteiger partial charge on any atom is -0.394 e. The number of hydrogen-bond donors (Lipinski definition) is 8. The summed E-state index contributed by atoms with van der Waals surface area (Å²) in [5.74, 6) is 2.90. The van der Waals surface area contributed by atoms with Crippen LogP contribution < -0.4 is 0 Å². The third kappa shape index (κ3) is 14.1. The minimum absolute atomic E-state index is 0.108. The molecule has 0 fully saturated rings. The Balaban J connectivity index is 3.10. The number of nitrogens with zero attached hydrogens (tertiary/aromatic N) is 2. The van der Waals surface area contributed by atoms with Gasteiger partial charge in [-0.25, -0.2) is 0 Å². The van der Waals surface area contributed by atoms with Crippen LogP contribution >= 0.6 is 0 Å². The lowest BCUT2D eigenvalue weighted by Gasteiger charge is -2.25. The van der Waals surface area contributed by atoms with Crippen LogP contribution in [0.5, 0.6) is 0 Å². The number of benzene rings is 2. The Labute approximate surface area is 310 Å². The Morgan fingerprint density at radius 3 is 1.38 bits per heavy atom. The van der Waals surface area contributed by atoms with Gasteiger partial charge < -0.3 is 46.4 Å². The minimum atomic E-state index is -1.62. The fourth-order valence-corrected chi connectivity index (χ4v) is 6.54. The topological polar surface area (TPSA) is 198 Å². The van der Waals surface area contributed by atoms with E-state index in [1.807, 2.05) is 12.1 Å². The maximum Gasteiger partial charge on any atom is 0.303 e. The van der Waals surface area contributed by atoms with E-state index in [-0.39, 0.29) is 12.8 Å². The molecule has 0 aliphatic carbocycles. The van der Waals surface area contributed by atoms with E-state index in [9.17, 15) is 46.4 Å². The second-order valence-electron chi connectivity index (χ2n) is 14.1. The van der Waals surface area contributed by atoms with Crippen molar-refractivity contribution in [1.82, 2.24) is 0 Å². The highest BCUT2D eigenvalue weighted by Gasteiger charge is 2.28. The summed E-state index contributed by atoms with van der Waals surface area (Å²) in [6.45, 7) is 7.07. The summed E-state index contributed by atoms with van der Waals surface area (Å²) >= 11 is 0. The van der Waals surface area contributed by atoms with Crippen LogP contribution in [0, 0.1) is 0 Å². The zero-order valence-electron chi connectivity index (χ0n) is 31.7. The van der Waals surface area contributed by atoms with Gasteiger partial charge in [0.05, 0.1) is 31.0 Å². The third-order valence-corrected chi connectivity index (χ3v) is 9.57. The SMILES string of the molecule is CCCCC(=C=[N+]=[N-])C(CCCC)=C(c1cc(CCCC)cc(CCCC)c1)c1cc(CC(O)C(O)C(O)CO)cc(CC(O)C(O)C(O)CO)c1. The summed E-state index contributed by atoms with van der Waals surface area (Å²) in [7, 11) is 0. The first-order valence-corrected chi connectivity index (χ1v) is 19.2. The van der Waals surface area contributed by atoms with Crippen molar-refractivity contribution in [3.63, 3.8) is 0 Å². The molecule has 0 saturated carbocycles. The quantitative estimate of drug-likeness (QED) is 0.0314. The molecular weight excluding hydrogens is 660 g/mol. The molecule has 2 aromatic carbocycles. The first-order chi connectivity index (χ1) is 25.0. The van der Waals surface area contributed by atoms with Gasteiger partial charge in [0.15, 0.2) is 0 Å². The number of aliphatic hydroxyl groups is 8. The number of allylic oxidation sites excluding steroid dienone is 2. The van der Waals surface area contributed by atoms with E-state index >= 15 is 0 Å². The van der Waals surface area contributed by atoms with Crippen molar-refractivity contribution >= 4 is 11.4 Å². The van der Waals surface area contributed by atoms with Crippen LogP contribution in [0.25, 0.3) is 11.1 Å². The van der Waals surface area contributed by atoms with E-state index in [0.29, 0.717) is 24.0 Å². The van der Waals surface area contributed by atoms with Gasteiger partial charge in [0.1, 0.15) is 24.4 Å². The molecule has 0 spiro atoms. The lowest BCUT2D eigenvalue weighted by molar-refractivity contribution is -0.0759. The van der Waals surface area contributed by atoms with Gasteiger partial charge >= 0.3 is 5.87 Å². The Morgan fingerprint density at radius 1 is 0.577 bits per heavy atom. The largest absolute Gasteiger partial charge is 0.394 e. The number of aryl methyl sites for hydroxylation is 2. The molecule has 2 aromatic rings. The Bertz CT molecular complexity index is 1410. The van der Waals surface area contributed by atoms with Crippen LogP contribution in [-0.4, -0.2) is 101 Å². The number of unbranched alkanes of at least 4 members (excludes halogenated alkanes) is 4. The maximum absolute atomic E-state index is 11.0. The maximum atomic E-state index is 11.0. The Kier molecular flexibility index (Phi) is 21.2. The van der Waals surface area contributed by atoms with Crippen molar-refractivity contribution in [3.8, 4) is 0 Å². The van der Waals surface area contributed by atoms with E-state index in [4.69, 9.17) is 0 Å². The first-order valence-electron chi connectivity index (χ1n) is 19.2. The molecule has 10 heteroatoms. The highest BCUT2D eigenvalue weighted by atomic mass is 16.4. The molecule has 52 heavy (non-hydrogen) atoms. The van der Waals surface area contributed by atoms with Gasteiger partial charge in [0.2, 0.25) is 0 Å². The standard InChI is InChI=1S/C42H64N2O8/c1-5-9-13-28-17-29(14-10-6-2)20-33(19-28)40(35(16-12-8-4)32(25-44-43)15-11-7-3)34-21-30(23-36(47)41(51)38(49)26-45)18-31(22-34)24-37(48)42(52)39(50)27-46/h17-22,36-39,41-42,45-52H,5-16,23-24,26-27H2,1-4H3. The van der Waals surface area contributed by atoms with Crippen molar-refractivity contribution in [3.05, 3.63) is 86.5 Å². The molecule has 6 atom stereocenters. The Hall–Kier alpha value is -2.98. The summed E-state index contributed by atoms with van der Waals surface area (Å²) in [5.41, 5.74) is 17.7. The van der Waals surface area contributed by atoms with Crippen molar-refractivity contribution in [2.24, 2.45) is 0 Å². The van der Waals surface area contributed by atoms with Gasteiger partial charge in [-0.1, -0.05) is 89.8 Å². The van der Waals surface area contributed by atoms with E-state index in [0.717, 1.165) is 92.1 Å². The molecule has 0 aromatic heterocycles. The van der Waals surface area contributed by atoms with Crippen LogP contribution in [-0.2, 0) is 25.7 Å². The van der Waals surface area contributed by atoms with Crippen LogP contribution in [0.3, 0.4) is 0 Å². The van der Waals surface area contributed by atoms with E-state index in [2.05, 4.69) is 56.6 Å². The summed E-state index contributed by atoms with van der Waals surface area (Å²) in [4.78, 5) is 3.37. The Morgan fingerprint density at radius 2 is 0.981 bits per heavy atom. The molecule has 0 amide bonds. The molecule has 10 nitrogen and oxygen atoms in total. The molecule has 0 heterocycles. The van der Waals surface area contributed by atoms with Crippen molar-refractivity contribution in [2.45, 2.75) is 154 Å². The van der Waals surface area contributed by atoms with Crippen molar-refractivity contribution in [2.75, 3.05) is 13.2 Å². The number of aliphatic hydroxyl groups excluding tert-OH is 8. The van der Waals surface area contributed by atoms with E-state index < -0.39 is 49.8 Å². The highest BCUT2D eigenvalue weighted by molar-refractivity contribution is 5.87. The predicted molar refractivity (Wildman–Crippen MR) is 205 cm³/mol. The molecular formula is C42H64N2O8. The molecule has 6 unspecified atom stereocenters. The molecule has 2 rings (SSSR count). The molecule has 0 saturated heterocycles. The summed E-state index contributed by atoms with van der Waals surface area (Å²) in [6.07, 6.45) is 1.28. The first kappa shape index (κ1) is 45.2. The average molecular weight is 725 g/mol. The normalized spacial score (nSPS) is 15.5. The zero-order valence-corrected chi connectivity index (χ0v) is 31.7. The highest BCUT2D eigenvalue weighted by Crippen LogP contribution is 2.37. The molecule has 0 radical (unpaired) electrons. The second kappa shape index (κ2) is 24.4. The fraction of sp³-hybridized carbons (Fsp3) is 0.619. The van der Waals surface area contributed by atoms with Gasteiger partial charge in [-0.3, -0.25) is 0 Å². The molecule has 8 N–H and O–H groups in total. The smallest absolute Gasteiger partial charge is 0.303 e. The lowest BCUT2D eigenvalue weighted by atomic mass is 9.82. The zero-order chi connectivity index (χ0) is 38.6. The van der Waals surface area contributed by atoms with Crippen LogP contribution in [0.1, 0.15) is 125 Å². The van der Waals surface area contributed by atoms with Crippen LogP contribution in [0.4, 0.5) is 0 Å². The fourth-order valence-electron chi connectivity index (χ4n) is 6.54. The lowest BCUT2D eigenvalue weighted by Crippen LogP contribution is -2.41. The van der Waals surface area contributed by atoms with Crippen LogP contribution in [0.2, 0.25) is 0 Å². The summed E-state index contributed by atoms with van der Waals surface area (Å²) < 4.78 is 0. The summed E-state index contributed by atoms with van der Waals surface area (Å²) in [5, 5.41) is 82.0. The molecule has 290 valence electrons. The molecule has 0 aliphatic rings. The van der Waals surface area contributed by atoms with Gasteiger partial charge in [0, 0.05) is 12.8 Å². The van der Waals surface area contributed by atoms with Gasteiger partial charge in [-0.2, -0.15) is 0 Å². The van der Waals surface area contributed by atoms with Gasteiger partial charge in [-0.15, -0.1) is 4.79 Å². The van der Waals surface area contributed by atoms with Crippen LogP contribution in [0.15, 0.2) is 47.5 Å². The van der Waals surface area contributed by atoms with Gasteiger partial charge in [0.25, 0.3) is 0 Å². The second-order valence-corrected chi connectivity index (χ2v) is 14.1. The third-order valence-electron chi connectivity index (χ3n) is 9.57. The van der Waals surface area contributed by atoms with Crippen molar-refractivity contribution < 1.29 is 45.6 Å². The van der Waals surface area contributed by atoms with Crippen molar-refractivity contribution in [1.29, 1.82) is 0 Å². The van der Waals surface area contributed by atoms with E-state index in [1.165, 1.54) is 11.1 Å².